The number of carbonyl (C=O) groups is 1. The smallest absolute Gasteiger partial charge is 0.371 e. The monoisotopic (exact) mass is 227 g/mol. The summed E-state index contributed by atoms with van der Waals surface area (Å²) < 4.78 is 5.16. The standard InChI is InChI=1S/C10H13NO3S/c1-5(2)8-4-11-9-7(15-8)3-6(14-9)10(12)13/h3,5,8,11H,4H2,1-2H3,(H,12,13). The van der Waals surface area contributed by atoms with E-state index in [1.807, 2.05) is 0 Å². The van der Waals surface area contributed by atoms with Gasteiger partial charge in [0.2, 0.25) is 11.6 Å². The van der Waals surface area contributed by atoms with Crippen LogP contribution in [0.2, 0.25) is 0 Å². The molecule has 0 aliphatic carbocycles. The Labute approximate surface area is 92.0 Å². The van der Waals surface area contributed by atoms with Gasteiger partial charge in [0.05, 0.1) is 4.90 Å². The number of nitrogens with one attached hydrogen (secondary N) is 1. The SMILES string of the molecule is CC(C)C1CNc2oc(C(=O)O)cc2S1. The molecule has 0 saturated heterocycles. The summed E-state index contributed by atoms with van der Waals surface area (Å²) >= 11 is 1.68. The third-order valence-corrected chi connectivity index (χ3v) is 3.97. The molecule has 1 unspecified atom stereocenters. The zero-order valence-corrected chi connectivity index (χ0v) is 9.43. The first-order valence-electron chi connectivity index (χ1n) is 4.85. The number of hydrogen-bond donors (Lipinski definition) is 2. The molecule has 1 aliphatic heterocycles. The van der Waals surface area contributed by atoms with Gasteiger partial charge in [0.1, 0.15) is 0 Å². The van der Waals surface area contributed by atoms with Gasteiger partial charge in [-0.2, -0.15) is 0 Å². The Balaban J connectivity index is 2.23. The Morgan fingerprint density at radius 3 is 3.07 bits per heavy atom. The number of furan rings is 1. The third-order valence-electron chi connectivity index (χ3n) is 2.39. The van der Waals surface area contributed by atoms with E-state index in [9.17, 15) is 4.79 Å². The fourth-order valence-corrected chi connectivity index (χ4v) is 2.62. The molecule has 0 radical (unpaired) electrons. The first-order valence-corrected chi connectivity index (χ1v) is 5.73. The van der Waals surface area contributed by atoms with E-state index in [1.165, 1.54) is 0 Å². The van der Waals surface area contributed by atoms with Gasteiger partial charge in [0, 0.05) is 17.9 Å². The van der Waals surface area contributed by atoms with E-state index in [4.69, 9.17) is 9.52 Å². The average molecular weight is 227 g/mol. The van der Waals surface area contributed by atoms with Crippen molar-refractivity contribution in [1.82, 2.24) is 0 Å². The van der Waals surface area contributed by atoms with Crippen molar-refractivity contribution >= 4 is 23.6 Å². The minimum Gasteiger partial charge on any atom is -0.475 e. The minimum absolute atomic E-state index is 0.00408. The predicted molar refractivity (Wildman–Crippen MR) is 58.6 cm³/mol. The van der Waals surface area contributed by atoms with Gasteiger partial charge in [-0.1, -0.05) is 13.8 Å². The van der Waals surface area contributed by atoms with Crippen LogP contribution in [0.4, 0.5) is 5.88 Å². The summed E-state index contributed by atoms with van der Waals surface area (Å²) in [5.74, 6) is 0.130. The molecule has 1 aromatic rings. The molecular weight excluding hydrogens is 214 g/mol. The average Bonchev–Trinajstić information content (AvgIpc) is 2.59. The Morgan fingerprint density at radius 1 is 1.73 bits per heavy atom. The van der Waals surface area contributed by atoms with Gasteiger partial charge in [0.15, 0.2) is 0 Å². The molecular formula is C10H13NO3S. The van der Waals surface area contributed by atoms with Crippen molar-refractivity contribution in [2.45, 2.75) is 24.0 Å². The molecule has 2 rings (SSSR count). The van der Waals surface area contributed by atoms with Gasteiger partial charge in [-0.15, -0.1) is 11.8 Å². The second-order valence-electron chi connectivity index (χ2n) is 3.89. The molecule has 0 spiro atoms. The summed E-state index contributed by atoms with van der Waals surface area (Å²) in [6.45, 7) is 5.13. The molecule has 1 aromatic heterocycles. The van der Waals surface area contributed by atoms with Crippen LogP contribution in [0.3, 0.4) is 0 Å². The Hall–Kier alpha value is -1.10. The van der Waals surface area contributed by atoms with Gasteiger partial charge in [-0.3, -0.25) is 0 Å². The Kier molecular flexibility index (Phi) is 2.65. The summed E-state index contributed by atoms with van der Waals surface area (Å²) in [7, 11) is 0. The van der Waals surface area contributed by atoms with Crippen LogP contribution < -0.4 is 5.32 Å². The number of carboxylic acids is 1. The van der Waals surface area contributed by atoms with Crippen molar-refractivity contribution in [3.63, 3.8) is 0 Å². The van der Waals surface area contributed by atoms with Gasteiger partial charge in [0.25, 0.3) is 0 Å². The number of anilines is 1. The van der Waals surface area contributed by atoms with Crippen LogP contribution in [-0.4, -0.2) is 22.9 Å². The third kappa shape index (κ3) is 1.97. The molecule has 0 bridgehead atoms. The number of thioether (sulfide) groups is 1. The van der Waals surface area contributed by atoms with E-state index >= 15 is 0 Å². The van der Waals surface area contributed by atoms with Crippen LogP contribution in [0.25, 0.3) is 0 Å². The van der Waals surface area contributed by atoms with Crippen LogP contribution in [0, 0.1) is 5.92 Å². The number of carboxylic acid groups (broad SMARTS) is 1. The maximum atomic E-state index is 10.7. The minimum atomic E-state index is -1.02. The van der Waals surface area contributed by atoms with Crippen molar-refractivity contribution in [1.29, 1.82) is 0 Å². The van der Waals surface area contributed by atoms with E-state index < -0.39 is 5.97 Å². The fraction of sp³-hybridized carbons (Fsp3) is 0.500. The quantitative estimate of drug-likeness (QED) is 0.812. The fourth-order valence-electron chi connectivity index (χ4n) is 1.46. The van der Waals surface area contributed by atoms with Crippen molar-refractivity contribution in [2.75, 3.05) is 11.9 Å². The summed E-state index contributed by atoms with van der Waals surface area (Å²) in [6, 6.07) is 1.59. The summed E-state index contributed by atoms with van der Waals surface area (Å²) in [5.41, 5.74) is 0. The highest BCUT2D eigenvalue weighted by Crippen LogP contribution is 2.39. The molecule has 2 N–H and O–H groups in total. The van der Waals surface area contributed by atoms with Crippen LogP contribution in [0.1, 0.15) is 24.4 Å². The van der Waals surface area contributed by atoms with Crippen LogP contribution >= 0.6 is 11.8 Å². The number of rotatable bonds is 2. The summed E-state index contributed by atoms with van der Waals surface area (Å²) in [5, 5.41) is 12.4. The second kappa shape index (κ2) is 3.81. The first-order chi connectivity index (χ1) is 7.08. The van der Waals surface area contributed by atoms with Gasteiger partial charge < -0.3 is 14.8 Å². The van der Waals surface area contributed by atoms with Gasteiger partial charge >= 0.3 is 5.97 Å². The first kappa shape index (κ1) is 10.4. The molecule has 0 fully saturated rings. The number of fused-ring (bicyclic) bond motifs is 1. The molecule has 0 aromatic carbocycles. The molecule has 0 saturated carbocycles. The topological polar surface area (TPSA) is 62.5 Å². The maximum Gasteiger partial charge on any atom is 0.371 e. The molecule has 1 aliphatic rings. The molecule has 1 atom stereocenters. The summed E-state index contributed by atoms with van der Waals surface area (Å²) in [4.78, 5) is 11.6. The van der Waals surface area contributed by atoms with E-state index in [1.54, 1.807) is 17.8 Å². The van der Waals surface area contributed by atoms with E-state index in [-0.39, 0.29) is 5.76 Å². The second-order valence-corrected chi connectivity index (χ2v) is 5.17. The van der Waals surface area contributed by atoms with Crippen molar-refractivity contribution in [2.24, 2.45) is 5.92 Å². The lowest BCUT2D eigenvalue weighted by Gasteiger charge is -2.24. The number of aromatic carboxylic acids is 1. The van der Waals surface area contributed by atoms with Crippen LogP contribution in [-0.2, 0) is 0 Å². The lowest BCUT2D eigenvalue weighted by Crippen LogP contribution is -2.25. The van der Waals surface area contributed by atoms with Crippen LogP contribution in [0.15, 0.2) is 15.4 Å². The van der Waals surface area contributed by atoms with Gasteiger partial charge in [-0.05, 0) is 5.92 Å². The van der Waals surface area contributed by atoms with Crippen molar-refractivity contribution in [3.05, 3.63) is 11.8 Å². The normalized spacial score (nSPS) is 19.8. The Morgan fingerprint density at radius 2 is 2.47 bits per heavy atom. The van der Waals surface area contributed by atoms with Crippen molar-refractivity contribution < 1.29 is 14.3 Å². The Bertz CT molecular complexity index is 386. The molecule has 2 heterocycles. The highest BCUT2D eigenvalue weighted by atomic mass is 32.2. The largest absolute Gasteiger partial charge is 0.475 e. The maximum absolute atomic E-state index is 10.7. The molecule has 15 heavy (non-hydrogen) atoms. The zero-order valence-electron chi connectivity index (χ0n) is 8.61. The van der Waals surface area contributed by atoms with Gasteiger partial charge in [-0.25, -0.2) is 4.79 Å². The molecule has 5 heteroatoms. The lowest BCUT2D eigenvalue weighted by atomic mass is 10.1. The summed E-state index contributed by atoms with van der Waals surface area (Å²) in [6.07, 6.45) is 0. The highest BCUT2D eigenvalue weighted by Gasteiger charge is 2.26. The number of hydrogen-bond acceptors (Lipinski definition) is 4. The highest BCUT2D eigenvalue weighted by molar-refractivity contribution is 8.00. The molecule has 0 amide bonds. The van der Waals surface area contributed by atoms with E-state index in [0.29, 0.717) is 17.1 Å². The lowest BCUT2D eigenvalue weighted by molar-refractivity contribution is 0.0663. The van der Waals surface area contributed by atoms with Crippen LogP contribution in [0.5, 0.6) is 0 Å². The van der Waals surface area contributed by atoms with Crippen molar-refractivity contribution in [3.8, 4) is 0 Å². The van der Waals surface area contributed by atoms with E-state index in [0.717, 1.165) is 11.4 Å². The van der Waals surface area contributed by atoms with E-state index in [2.05, 4.69) is 19.2 Å². The zero-order chi connectivity index (χ0) is 11.0. The predicted octanol–water partition coefficient (Wildman–Crippen LogP) is 2.52. The molecule has 4 nitrogen and oxygen atoms in total. The molecule has 82 valence electrons.